The third kappa shape index (κ3) is 5.64. The van der Waals surface area contributed by atoms with Crippen LogP contribution in [0.25, 0.3) is 21.5 Å². The average molecular weight is 554 g/mol. The number of hydrogen-bond donors (Lipinski definition) is 2. The maximum absolute atomic E-state index is 12.4. The van der Waals surface area contributed by atoms with E-state index in [1.807, 2.05) is 0 Å². The van der Waals surface area contributed by atoms with Crippen LogP contribution in [0.4, 0.5) is 11.4 Å². The number of carbonyl (C=O) groups is 2. The first-order chi connectivity index (χ1) is 18.4. The van der Waals surface area contributed by atoms with Gasteiger partial charge in [0.1, 0.15) is 12.1 Å². The molecule has 39 heavy (non-hydrogen) atoms. The maximum Gasteiger partial charge on any atom is 0.506 e. The van der Waals surface area contributed by atoms with Gasteiger partial charge >= 0.3 is 22.3 Å². The van der Waals surface area contributed by atoms with Crippen LogP contribution in [-0.4, -0.2) is 30.2 Å². The van der Waals surface area contributed by atoms with Crippen molar-refractivity contribution in [2.45, 2.75) is 12.1 Å². The summed E-state index contributed by atoms with van der Waals surface area (Å²) < 4.78 is 33.1. The van der Waals surface area contributed by atoms with Gasteiger partial charge in [0.2, 0.25) is 0 Å². The molecule has 0 saturated heterocycles. The van der Waals surface area contributed by atoms with Gasteiger partial charge in [-0.25, -0.2) is 9.59 Å². The summed E-state index contributed by atoms with van der Waals surface area (Å²) in [5.41, 5.74) is 11.4. The zero-order valence-corrected chi connectivity index (χ0v) is 20.4. The van der Waals surface area contributed by atoms with E-state index >= 15 is 0 Å². The zero-order chi connectivity index (χ0) is 28.5. The third-order valence-electron chi connectivity index (χ3n) is 5.75. The molecular formula is C24H18N4O10S. The Bertz CT molecular complexity index is 1650. The van der Waals surface area contributed by atoms with Gasteiger partial charge in [0, 0.05) is 12.1 Å². The highest BCUT2D eigenvalue weighted by atomic mass is 32.3. The molecule has 4 aromatic rings. The molecule has 0 aliphatic rings. The first-order valence-corrected chi connectivity index (χ1v) is 12.3. The Kier molecular flexibility index (Phi) is 7.22. The normalized spacial score (nSPS) is 13.0. The quantitative estimate of drug-likeness (QED) is 0.237. The lowest BCUT2D eigenvalue weighted by Crippen LogP contribution is -2.31. The number of hydrogen-bond acceptors (Lipinski definition) is 12. The molecule has 0 saturated carbocycles. The van der Waals surface area contributed by atoms with E-state index in [9.17, 15) is 38.2 Å². The summed E-state index contributed by atoms with van der Waals surface area (Å²) in [5, 5.41) is 23.6. The van der Waals surface area contributed by atoms with Crippen LogP contribution < -0.4 is 11.5 Å². The van der Waals surface area contributed by atoms with Crippen molar-refractivity contribution in [1.82, 2.24) is 0 Å². The highest BCUT2D eigenvalue weighted by Crippen LogP contribution is 2.29. The van der Waals surface area contributed by atoms with E-state index in [0.29, 0.717) is 10.8 Å². The molecule has 15 heteroatoms. The summed E-state index contributed by atoms with van der Waals surface area (Å²) in [7, 11) is -5.24. The molecule has 14 nitrogen and oxygen atoms in total. The lowest BCUT2D eigenvalue weighted by atomic mass is 10.0. The molecule has 2 unspecified atom stereocenters. The van der Waals surface area contributed by atoms with Gasteiger partial charge in [-0.15, -0.1) is 8.42 Å². The van der Waals surface area contributed by atoms with Crippen LogP contribution in [-0.2, 0) is 28.4 Å². The van der Waals surface area contributed by atoms with Crippen LogP contribution in [0.1, 0.15) is 23.2 Å². The Morgan fingerprint density at radius 3 is 1.44 bits per heavy atom. The van der Waals surface area contributed by atoms with E-state index in [2.05, 4.69) is 8.37 Å². The molecule has 4 aromatic carbocycles. The standard InChI is InChI=1S/C24H18N4O10S/c25-21(15-7-9-17-13(11-15)3-1-5-19(17)27(31)32)23(29)37-39(35,36)38-24(30)22(26)16-8-10-18-14(12-16)4-2-6-20(18)28(33)34/h1-12,21-22H,25-26H2. The maximum atomic E-state index is 12.4. The highest BCUT2D eigenvalue weighted by Gasteiger charge is 2.31. The van der Waals surface area contributed by atoms with Crippen LogP contribution in [0.3, 0.4) is 0 Å². The molecule has 200 valence electrons. The van der Waals surface area contributed by atoms with Gasteiger partial charge in [0.25, 0.3) is 11.4 Å². The predicted octanol–water partition coefficient (Wildman–Crippen LogP) is 2.84. The molecule has 0 bridgehead atoms. The van der Waals surface area contributed by atoms with Crippen molar-refractivity contribution in [2.75, 3.05) is 0 Å². The lowest BCUT2D eigenvalue weighted by molar-refractivity contribution is -0.383. The van der Waals surface area contributed by atoms with Crippen molar-refractivity contribution in [3.63, 3.8) is 0 Å². The Hall–Kier alpha value is -4.99. The number of nitrogens with two attached hydrogens (primary N) is 2. The monoisotopic (exact) mass is 554 g/mol. The summed E-state index contributed by atoms with van der Waals surface area (Å²) >= 11 is 0. The Balaban J connectivity index is 1.47. The number of benzene rings is 4. The Morgan fingerprint density at radius 2 is 1.08 bits per heavy atom. The number of nitro groups is 2. The summed E-state index contributed by atoms with van der Waals surface area (Å²) in [6, 6.07) is 13.2. The summed E-state index contributed by atoms with van der Waals surface area (Å²) in [6.45, 7) is 0. The summed E-state index contributed by atoms with van der Waals surface area (Å²) in [5.74, 6) is -2.97. The fourth-order valence-corrected chi connectivity index (χ4v) is 4.51. The first kappa shape index (κ1) is 27.1. The van der Waals surface area contributed by atoms with Gasteiger partial charge in [0.15, 0.2) is 0 Å². The van der Waals surface area contributed by atoms with Crippen LogP contribution in [0.15, 0.2) is 72.8 Å². The van der Waals surface area contributed by atoms with Crippen LogP contribution >= 0.6 is 0 Å². The topological polar surface area (TPSA) is 225 Å². The van der Waals surface area contributed by atoms with Crippen LogP contribution in [0, 0.1) is 20.2 Å². The molecule has 0 heterocycles. The molecule has 4 N–H and O–H groups in total. The molecule has 0 aliphatic carbocycles. The number of non-ortho nitro benzene ring substituents is 2. The fraction of sp³-hybridized carbons (Fsp3) is 0.0833. The van der Waals surface area contributed by atoms with Gasteiger partial charge in [-0.2, -0.15) is 0 Å². The number of rotatable bonds is 8. The molecule has 2 atom stereocenters. The van der Waals surface area contributed by atoms with E-state index in [1.165, 1.54) is 72.8 Å². The highest BCUT2D eigenvalue weighted by molar-refractivity contribution is 7.82. The van der Waals surface area contributed by atoms with E-state index < -0.39 is 44.3 Å². The second kappa shape index (κ2) is 10.4. The molecule has 4 rings (SSSR count). The Labute approximate surface area is 219 Å². The van der Waals surface area contributed by atoms with Crippen molar-refractivity contribution < 1.29 is 36.2 Å². The molecule has 0 aliphatic heterocycles. The minimum Gasteiger partial charge on any atom is -0.315 e. The largest absolute Gasteiger partial charge is 0.506 e. The first-order valence-electron chi connectivity index (χ1n) is 10.9. The SMILES string of the molecule is NC(C(=O)OS(=O)(=O)OC(=O)C(N)c1ccc2c([N+](=O)[O-])cccc2c1)c1ccc2c([N+](=O)[O-])cccc2c1. The zero-order valence-electron chi connectivity index (χ0n) is 19.6. The van der Waals surface area contributed by atoms with Gasteiger partial charge < -0.3 is 19.8 Å². The summed E-state index contributed by atoms with van der Waals surface area (Å²) in [4.78, 5) is 46.0. The smallest absolute Gasteiger partial charge is 0.315 e. The van der Waals surface area contributed by atoms with Crippen molar-refractivity contribution in [3.05, 3.63) is 104 Å². The minimum atomic E-state index is -5.24. The van der Waals surface area contributed by atoms with E-state index in [4.69, 9.17) is 11.5 Å². The second-order valence-electron chi connectivity index (χ2n) is 8.20. The van der Waals surface area contributed by atoms with E-state index in [1.54, 1.807) is 0 Å². The molecular weight excluding hydrogens is 536 g/mol. The van der Waals surface area contributed by atoms with Gasteiger partial charge in [-0.3, -0.25) is 20.2 Å². The number of nitro benzene ring substituents is 2. The number of nitrogens with zero attached hydrogens (tertiary/aromatic N) is 2. The molecule has 0 amide bonds. The van der Waals surface area contributed by atoms with Crippen molar-refractivity contribution in [3.8, 4) is 0 Å². The fourth-order valence-electron chi connectivity index (χ4n) is 3.87. The summed E-state index contributed by atoms with van der Waals surface area (Å²) in [6.07, 6.45) is 0. The van der Waals surface area contributed by atoms with Crippen molar-refractivity contribution in [2.24, 2.45) is 11.5 Å². The molecule has 0 aromatic heterocycles. The molecule has 0 spiro atoms. The lowest BCUT2D eigenvalue weighted by Gasteiger charge is -2.14. The third-order valence-corrected chi connectivity index (χ3v) is 6.49. The minimum absolute atomic E-state index is 0.0801. The van der Waals surface area contributed by atoms with Crippen LogP contribution in [0.5, 0.6) is 0 Å². The number of carbonyl (C=O) groups excluding carboxylic acids is 2. The predicted molar refractivity (Wildman–Crippen MR) is 136 cm³/mol. The van der Waals surface area contributed by atoms with Crippen LogP contribution in [0.2, 0.25) is 0 Å². The van der Waals surface area contributed by atoms with Crippen molar-refractivity contribution in [1.29, 1.82) is 0 Å². The Morgan fingerprint density at radius 1 is 0.692 bits per heavy atom. The van der Waals surface area contributed by atoms with Gasteiger partial charge in [0.05, 0.1) is 20.6 Å². The average Bonchev–Trinajstić information content (AvgIpc) is 2.89. The van der Waals surface area contributed by atoms with Crippen molar-refractivity contribution >= 4 is 55.3 Å². The van der Waals surface area contributed by atoms with E-state index in [-0.39, 0.29) is 33.3 Å². The molecule has 0 radical (unpaired) electrons. The molecule has 0 fully saturated rings. The van der Waals surface area contributed by atoms with Gasteiger partial charge in [-0.05, 0) is 46.2 Å². The van der Waals surface area contributed by atoms with E-state index in [0.717, 1.165) is 0 Å². The second-order valence-corrected chi connectivity index (χ2v) is 9.35. The van der Waals surface area contributed by atoms with Gasteiger partial charge in [-0.1, -0.05) is 36.4 Å². The number of fused-ring (bicyclic) bond motifs is 2.